The van der Waals surface area contributed by atoms with Crippen molar-refractivity contribution in [2.24, 2.45) is 5.10 Å². The highest BCUT2D eigenvalue weighted by atomic mass is 19.1. The summed E-state index contributed by atoms with van der Waals surface area (Å²) in [6.45, 7) is 0. The van der Waals surface area contributed by atoms with Gasteiger partial charge in [-0.25, -0.2) is 13.6 Å². The van der Waals surface area contributed by atoms with E-state index in [-0.39, 0.29) is 16.6 Å². The number of aromatic nitrogens is 1. The lowest BCUT2D eigenvalue weighted by Gasteiger charge is -2.14. The second-order valence-corrected chi connectivity index (χ2v) is 6.91. The van der Waals surface area contributed by atoms with Crippen molar-refractivity contribution in [3.8, 4) is 5.69 Å². The molecular weight excluding hydrogens is 418 g/mol. The molecule has 0 saturated carbocycles. The number of hydrogen-bond donors (Lipinski definition) is 3. The number of benzene rings is 3. The minimum absolute atomic E-state index is 0.0393. The molecule has 0 unspecified atom stereocenters. The molecule has 9 heteroatoms. The van der Waals surface area contributed by atoms with E-state index < -0.39 is 28.6 Å². The summed E-state index contributed by atoms with van der Waals surface area (Å²) in [5.41, 5.74) is 8.83. The van der Waals surface area contributed by atoms with Gasteiger partial charge in [-0.05, 0) is 54.1 Å². The lowest BCUT2D eigenvalue weighted by atomic mass is 10.1. The number of hydrogen-bond acceptors (Lipinski definition) is 5. The lowest BCUT2D eigenvalue weighted by molar-refractivity contribution is 0.0695. The number of nitrogens with zero attached hydrogens (tertiary/aromatic N) is 2. The van der Waals surface area contributed by atoms with Crippen molar-refractivity contribution in [1.82, 2.24) is 4.57 Å². The molecule has 0 amide bonds. The zero-order valence-corrected chi connectivity index (χ0v) is 16.4. The van der Waals surface area contributed by atoms with Crippen molar-refractivity contribution in [2.45, 2.75) is 0 Å². The number of nitrogen functional groups attached to an aromatic ring is 1. The molecule has 4 aromatic rings. The van der Waals surface area contributed by atoms with Crippen LogP contribution in [0.5, 0.6) is 0 Å². The predicted molar refractivity (Wildman–Crippen MR) is 118 cm³/mol. The molecule has 0 bridgehead atoms. The first-order valence-electron chi connectivity index (χ1n) is 9.36. The molecule has 0 aliphatic heterocycles. The maximum atomic E-state index is 14.7. The van der Waals surface area contributed by atoms with Crippen LogP contribution in [0.3, 0.4) is 0 Å². The van der Waals surface area contributed by atoms with Crippen LogP contribution in [-0.4, -0.2) is 21.9 Å². The second kappa shape index (κ2) is 8.31. The van der Waals surface area contributed by atoms with Gasteiger partial charge in [-0.15, -0.1) is 0 Å². The van der Waals surface area contributed by atoms with Gasteiger partial charge in [0.15, 0.2) is 0 Å². The Kier molecular flexibility index (Phi) is 5.38. The third-order valence-electron chi connectivity index (χ3n) is 4.76. The average molecular weight is 434 g/mol. The summed E-state index contributed by atoms with van der Waals surface area (Å²) in [4.78, 5) is 24.2. The Hall–Kier alpha value is -4.53. The third kappa shape index (κ3) is 4.04. The fourth-order valence-electron chi connectivity index (χ4n) is 3.16. The summed E-state index contributed by atoms with van der Waals surface area (Å²) in [6, 6.07) is 14.4. The van der Waals surface area contributed by atoms with E-state index in [1.807, 2.05) is 0 Å². The molecule has 4 rings (SSSR count). The monoisotopic (exact) mass is 434 g/mol. The lowest BCUT2D eigenvalue weighted by Crippen LogP contribution is -2.18. The zero-order chi connectivity index (χ0) is 22.8. The Morgan fingerprint density at radius 2 is 1.75 bits per heavy atom. The summed E-state index contributed by atoms with van der Waals surface area (Å²) in [5, 5.41) is 13.3. The minimum atomic E-state index is -1.42. The molecule has 4 N–H and O–H groups in total. The molecule has 0 aliphatic carbocycles. The second-order valence-electron chi connectivity index (χ2n) is 6.91. The molecule has 0 saturated heterocycles. The number of nitrogens with two attached hydrogens (primary N) is 1. The van der Waals surface area contributed by atoms with Crippen molar-refractivity contribution in [3.05, 3.63) is 99.8 Å². The molecule has 7 nitrogen and oxygen atoms in total. The van der Waals surface area contributed by atoms with Crippen LogP contribution in [0.1, 0.15) is 15.9 Å². The summed E-state index contributed by atoms with van der Waals surface area (Å²) in [5.74, 6) is -2.61. The van der Waals surface area contributed by atoms with Crippen LogP contribution in [-0.2, 0) is 0 Å². The normalized spacial score (nSPS) is 11.2. The molecule has 0 radical (unpaired) electrons. The van der Waals surface area contributed by atoms with Gasteiger partial charge >= 0.3 is 5.97 Å². The van der Waals surface area contributed by atoms with Crippen LogP contribution in [0.25, 0.3) is 16.6 Å². The minimum Gasteiger partial charge on any atom is -0.477 e. The maximum absolute atomic E-state index is 14.7. The number of hydrazone groups is 1. The molecule has 32 heavy (non-hydrogen) atoms. The SMILES string of the molecule is Nc1ccc(-n2cc(C(=O)O)c(=O)c3cc(F)c(NN=Cc4ccc(F)cc4)cc32)cc1. The van der Waals surface area contributed by atoms with Gasteiger partial charge in [0.1, 0.15) is 17.2 Å². The number of aromatic carboxylic acids is 1. The highest BCUT2D eigenvalue weighted by Crippen LogP contribution is 2.25. The molecule has 0 aliphatic rings. The summed E-state index contributed by atoms with van der Waals surface area (Å²) in [6.07, 6.45) is 2.56. The quantitative estimate of drug-likeness (QED) is 0.250. The molecule has 0 spiro atoms. The standard InChI is InChI=1S/C23H16F2N4O3/c24-14-3-1-13(2-4-14)11-27-28-20-10-21-17(9-19(20)25)22(30)18(23(31)32)12-29(21)16-7-5-15(26)6-8-16/h1-12,28H,26H2,(H,31,32). The van der Waals surface area contributed by atoms with Crippen molar-refractivity contribution >= 4 is 34.5 Å². The smallest absolute Gasteiger partial charge is 0.341 e. The van der Waals surface area contributed by atoms with E-state index in [4.69, 9.17) is 5.73 Å². The van der Waals surface area contributed by atoms with Gasteiger partial charge in [-0.3, -0.25) is 10.2 Å². The van der Waals surface area contributed by atoms with Gasteiger partial charge in [0.2, 0.25) is 5.43 Å². The maximum Gasteiger partial charge on any atom is 0.341 e. The Labute approximate surface area is 180 Å². The number of nitrogens with one attached hydrogen (secondary N) is 1. The molecule has 3 aromatic carbocycles. The predicted octanol–water partition coefficient (Wildman–Crippen LogP) is 4.00. The highest BCUT2D eigenvalue weighted by Gasteiger charge is 2.17. The first kappa shape index (κ1) is 20.7. The molecule has 1 heterocycles. The van der Waals surface area contributed by atoms with E-state index in [0.717, 1.165) is 6.07 Å². The topological polar surface area (TPSA) is 110 Å². The van der Waals surface area contributed by atoms with Gasteiger partial charge in [-0.2, -0.15) is 5.10 Å². The molecule has 160 valence electrons. The number of anilines is 2. The van der Waals surface area contributed by atoms with Crippen LogP contribution in [0.4, 0.5) is 20.2 Å². The largest absolute Gasteiger partial charge is 0.477 e. The zero-order valence-electron chi connectivity index (χ0n) is 16.4. The van der Waals surface area contributed by atoms with E-state index in [1.54, 1.807) is 24.3 Å². The van der Waals surface area contributed by atoms with E-state index in [1.165, 1.54) is 47.3 Å². The number of carboxylic acids is 1. The average Bonchev–Trinajstić information content (AvgIpc) is 2.77. The van der Waals surface area contributed by atoms with Crippen molar-refractivity contribution in [1.29, 1.82) is 0 Å². The van der Waals surface area contributed by atoms with E-state index >= 15 is 0 Å². The van der Waals surface area contributed by atoms with Gasteiger partial charge in [0.25, 0.3) is 0 Å². The van der Waals surface area contributed by atoms with E-state index in [9.17, 15) is 23.5 Å². The molecule has 0 atom stereocenters. The number of rotatable bonds is 5. The Morgan fingerprint density at radius 3 is 2.41 bits per heavy atom. The van der Waals surface area contributed by atoms with Crippen LogP contribution in [0.2, 0.25) is 0 Å². The fraction of sp³-hybridized carbons (Fsp3) is 0. The van der Waals surface area contributed by atoms with Crippen LogP contribution < -0.4 is 16.6 Å². The van der Waals surface area contributed by atoms with Gasteiger partial charge in [0.05, 0.1) is 17.4 Å². The third-order valence-corrected chi connectivity index (χ3v) is 4.76. The number of carboxylic acid groups (broad SMARTS) is 1. The Balaban J connectivity index is 1.83. The van der Waals surface area contributed by atoms with E-state index in [2.05, 4.69) is 10.5 Å². The number of carbonyl (C=O) groups is 1. The van der Waals surface area contributed by atoms with Crippen molar-refractivity contribution < 1.29 is 18.7 Å². The van der Waals surface area contributed by atoms with Crippen molar-refractivity contribution in [2.75, 3.05) is 11.2 Å². The number of halogens is 2. The summed E-state index contributed by atoms with van der Waals surface area (Å²) < 4.78 is 29.2. The fourth-order valence-corrected chi connectivity index (χ4v) is 3.16. The summed E-state index contributed by atoms with van der Waals surface area (Å²) in [7, 11) is 0. The number of fused-ring (bicyclic) bond motifs is 1. The van der Waals surface area contributed by atoms with Crippen LogP contribution in [0.15, 0.2) is 76.8 Å². The molecule has 0 fully saturated rings. The van der Waals surface area contributed by atoms with Gasteiger partial charge < -0.3 is 15.4 Å². The van der Waals surface area contributed by atoms with Crippen LogP contribution >= 0.6 is 0 Å². The first-order valence-corrected chi connectivity index (χ1v) is 9.36. The molecule has 1 aromatic heterocycles. The molecular formula is C23H16F2N4O3. The van der Waals surface area contributed by atoms with Gasteiger partial charge in [0, 0.05) is 23.0 Å². The van der Waals surface area contributed by atoms with Gasteiger partial charge in [-0.1, -0.05) is 12.1 Å². The summed E-state index contributed by atoms with van der Waals surface area (Å²) >= 11 is 0. The first-order chi connectivity index (χ1) is 15.3. The van der Waals surface area contributed by atoms with Crippen molar-refractivity contribution in [3.63, 3.8) is 0 Å². The van der Waals surface area contributed by atoms with E-state index in [0.29, 0.717) is 16.9 Å². The Morgan fingerprint density at radius 1 is 1.06 bits per heavy atom. The number of pyridine rings is 1. The van der Waals surface area contributed by atoms with Crippen LogP contribution in [0, 0.1) is 11.6 Å². The Bertz CT molecular complexity index is 1410. The highest BCUT2D eigenvalue weighted by molar-refractivity contribution is 5.94.